The van der Waals surface area contributed by atoms with E-state index in [1.54, 1.807) is 0 Å². The highest BCUT2D eigenvalue weighted by molar-refractivity contribution is 4.73. The summed E-state index contributed by atoms with van der Waals surface area (Å²) in [5, 5.41) is 0. The SMILES string of the molecule is C1CO1.NCC1CCCC(CN)C1. The van der Waals surface area contributed by atoms with Crippen LogP contribution in [0, 0.1) is 11.8 Å². The molecule has 1 saturated carbocycles. The maximum absolute atomic E-state index is 5.58. The molecule has 0 aromatic rings. The van der Waals surface area contributed by atoms with E-state index < -0.39 is 0 Å². The Kier molecular flexibility index (Phi) is 5.35. The Hall–Kier alpha value is -0.120. The lowest BCUT2D eigenvalue weighted by molar-refractivity contribution is 0.277. The van der Waals surface area contributed by atoms with Gasteiger partial charge in [0.05, 0.1) is 13.2 Å². The third-order valence-electron chi connectivity index (χ3n) is 2.76. The predicted molar refractivity (Wildman–Crippen MR) is 54.4 cm³/mol. The number of nitrogens with two attached hydrogens (primary N) is 2. The van der Waals surface area contributed by atoms with Gasteiger partial charge < -0.3 is 16.2 Å². The molecule has 0 amide bonds. The summed E-state index contributed by atoms with van der Waals surface area (Å²) < 4.78 is 4.50. The lowest BCUT2D eigenvalue weighted by Gasteiger charge is -2.26. The molecule has 2 fully saturated rings. The molecule has 78 valence electrons. The van der Waals surface area contributed by atoms with Crippen molar-refractivity contribution in [3.8, 4) is 0 Å². The van der Waals surface area contributed by atoms with Gasteiger partial charge in [-0.1, -0.05) is 6.42 Å². The second kappa shape index (κ2) is 6.35. The average molecular weight is 186 g/mol. The first kappa shape index (κ1) is 11.0. The molecular weight excluding hydrogens is 164 g/mol. The van der Waals surface area contributed by atoms with Gasteiger partial charge in [0.1, 0.15) is 0 Å². The Morgan fingerprint density at radius 3 is 1.77 bits per heavy atom. The van der Waals surface area contributed by atoms with Gasteiger partial charge in [0.15, 0.2) is 0 Å². The fourth-order valence-electron chi connectivity index (χ4n) is 1.83. The van der Waals surface area contributed by atoms with E-state index >= 15 is 0 Å². The van der Waals surface area contributed by atoms with Gasteiger partial charge in [-0.3, -0.25) is 0 Å². The second-order valence-electron chi connectivity index (χ2n) is 3.98. The van der Waals surface area contributed by atoms with Gasteiger partial charge in [-0.2, -0.15) is 0 Å². The van der Waals surface area contributed by atoms with E-state index in [2.05, 4.69) is 4.74 Å². The van der Waals surface area contributed by atoms with Crippen LogP contribution in [0.5, 0.6) is 0 Å². The van der Waals surface area contributed by atoms with Gasteiger partial charge in [0, 0.05) is 0 Å². The van der Waals surface area contributed by atoms with Crippen LogP contribution in [-0.2, 0) is 4.74 Å². The third kappa shape index (κ3) is 5.24. The van der Waals surface area contributed by atoms with Gasteiger partial charge >= 0.3 is 0 Å². The number of hydrogen-bond acceptors (Lipinski definition) is 3. The van der Waals surface area contributed by atoms with Gasteiger partial charge in [0.25, 0.3) is 0 Å². The zero-order chi connectivity index (χ0) is 9.52. The third-order valence-corrected chi connectivity index (χ3v) is 2.76. The molecule has 3 nitrogen and oxygen atoms in total. The van der Waals surface area contributed by atoms with E-state index in [0.29, 0.717) is 0 Å². The fourth-order valence-corrected chi connectivity index (χ4v) is 1.83. The Balaban J connectivity index is 0.000000236. The zero-order valence-electron chi connectivity index (χ0n) is 8.37. The molecule has 4 N–H and O–H groups in total. The summed E-state index contributed by atoms with van der Waals surface area (Å²) in [6.45, 7) is 3.72. The van der Waals surface area contributed by atoms with Crippen molar-refractivity contribution in [2.45, 2.75) is 25.7 Å². The van der Waals surface area contributed by atoms with Gasteiger partial charge in [-0.05, 0) is 44.2 Å². The normalized spacial score (nSPS) is 31.8. The fraction of sp³-hybridized carbons (Fsp3) is 1.00. The smallest absolute Gasteiger partial charge is 0.0701 e. The minimum Gasteiger partial charge on any atom is -0.377 e. The first-order valence-corrected chi connectivity index (χ1v) is 5.34. The molecule has 2 unspecified atom stereocenters. The molecule has 2 atom stereocenters. The van der Waals surface area contributed by atoms with Crippen molar-refractivity contribution in [2.75, 3.05) is 26.3 Å². The predicted octanol–water partition coefficient (Wildman–Crippen LogP) is 0.727. The van der Waals surface area contributed by atoms with Crippen molar-refractivity contribution >= 4 is 0 Å². The number of ether oxygens (including phenoxy) is 1. The van der Waals surface area contributed by atoms with Crippen molar-refractivity contribution in [3.63, 3.8) is 0 Å². The molecule has 1 aliphatic carbocycles. The molecule has 13 heavy (non-hydrogen) atoms. The summed E-state index contributed by atoms with van der Waals surface area (Å²) in [6, 6.07) is 0. The Bertz CT molecular complexity index is 115. The molecule has 0 spiro atoms. The molecule has 2 aliphatic rings. The maximum Gasteiger partial charge on any atom is 0.0701 e. The maximum atomic E-state index is 5.58. The number of hydrogen-bond donors (Lipinski definition) is 2. The first-order chi connectivity index (χ1) is 6.36. The topological polar surface area (TPSA) is 64.6 Å². The van der Waals surface area contributed by atoms with Gasteiger partial charge in [-0.25, -0.2) is 0 Å². The van der Waals surface area contributed by atoms with Crippen LogP contribution in [0.25, 0.3) is 0 Å². The summed E-state index contributed by atoms with van der Waals surface area (Å²) in [4.78, 5) is 0. The molecule has 0 aromatic carbocycles. The zero-order valence-corrected chi connectivity index (χ0v) is 8.37. The summed E-state index contributed by atoms with van der Waals surface area (Å²) >= 11 is 0. The molecule has 3 heteroatoms. The molecule has 1 aliphatic heterocycles. The summed E-state index contributed by atoms with van der Waals surface area (Å²) in [5.74, 6) is 1.53. The average Bonchev–Trinajstić information content (AvgIpc) is 3.05. The van der Waals surface area contributed by atoms with E-state index in [4.69, 9.17) is 11.5 Å². The lowest BCUT2D eigenvalue weighted by atomic mass is 9.81. The lowest BCUT2D eigenvalue weighted by Crippen LogP contribution is -2.26. The van der Waals surface area contributed by atoms with Crippen LogP contribution in [-0.4, -0.2) is 26.3 Å². The second-order valence-corrected chi connectivity index (χ2v) is 3.98. The van der Waals surface area contributed by atoms with E-state index in [1.807, 2.05) is 0 Å². The Morgan fingerprint density at radius 2 is 1.46 bits per heavy atom. The van der Waals surface area contributed by atoms with Crippen LogP contribution < -0.4 is 11.5 Å². The van der Waals surface area contributed by atoms with Crippen molar-refractivity contribution in [3.05, 3.63) is 0 Å². The van der Waals surface area contributed by atoms with Gasteiger partial charge in [0.2, 0.25) is 0 Å². The van der Waals surface area contributed by atoms with Crippen LogP contribution in [0.3, 0.4) is 0 Å². The van der Waals surface area contributed by atoms with Crippen molar-refractivity contribution in [1.29, 1.82) is 0 Å². The quantitative estimate of drug-likeness (QED) is 0.625. The van der Waals surface area contributed by atoms with E-state index in [-0.39, 0.29) is 0 Å². The summed E-state index contributed by atoms with van der Waals surface area (Å²) in [6.07, 6.45) is 5.26. The Labute approximate surface area is 80.8 Å². The van der Waals surface area contributed by atoms with E-state index in [0.717, 1.165) is 38.1 Å². The van der Waals surface area contributed by atoms with Crippen LogP contribution in [0.1, 0.15) is 25.7 Å². The minimum absolute atomic E-state index is 0.766. The Morgan fingerprint density at radius 1 is 1.00 bits per heavy atom. The summed E-state index contributed by atoms with van der Waals surface area (Å²) in [5.41, 5.74) is 11.2. The molecule has 0 bridgehead atoms. The molecule has 2 rings (SSSR count). The molecule has 0 aromatic heterocycles. The van der Waals surface area contributed by atoms with Crippen LogP contribution >= 0.6 is 0 Å². The van der Waals surface area contributed by atoms with Crippen molar-refractivity contribution < 1.29 is 4.74 Å². The molecule has 1 saturated heterocycles. The highest BCUT2D eigenvalue weighted by atomic mass is 16.6. The number of rotatable bonds is 2. The number of epoxide rings is 1. The first-order valence-electron chi connectivity index (χ1n) is 5.34. The highest BCUT2D eigenvalue weighted by Gasteiger charge is 2.19. The van der Waals surface area contributed by atoms with E-state index in [9.17, 15) is 0 Å². The molecule has 0 radical (unpaired) electrons. The van der Waals surface area contributed by atoms with E-state index in [1.165, 1.54) is 25.7 Å². The molecular formula is C10H22N2O. The van der Waals surface area contributed by atoms with Crippen LogP contribution in [0.4, 0.5) is 0 Å². The molecule has 1 heterocycles. The standard InChI is InChI=1S/C8H18N2.C2H4O/c9-5-7-2-1-3-8(4-7)6-10;1-2-3-1/h7-8H,1-6,9-10H2;1-2H2. The van der Waals surface area contributed by atoms with Crippen LogP contribution in [0.15, 0.2) is 0 Å². The van der Waals surface area contributed by atoms with Gasteiger partial charge in [-0.15, -0.1) is 0 Å². The van der Waals surface area contributed by atoms with Crippen molar-refractivity contribution in [1.82, 2.24) is 0 Å². The monoisotopic (exact) mass is 186 g/mol. The summed E-state index contributed by atoms with van der Waals surface area (Å²) in [7, 11) is 0. The largest absolute Gasteiger partial charge is 0.377 e. The minimum atomic E-state index is 0.766. The van der Waals surface area contributed by atoms with Crippen LogP contribution in [0.2, 0.25) is 0 Å². The van der Waals surface area contributed by atoms with Crippen molar-refractivity contribution in [2.24, 2.45) is 23.3 Å². The highest BCUT2D eigenvalue weighted by Crippen LogP contribution is 2.27.